The van der Waals surface area contributed by atoms with Crippen LogP contribution in [0.4, 0.5) is 0 Å². The Balaban J connectivity index is 1.64. The summed E-state index contributed by atoms with van der Waals surface area (Å²) in [4.78, 5) is 34.4. The van der Waals surface area contributed by atoms with Crippen LogP contribution in [0, 0.1) is 0 Å². The molecule has 6 nitrogen and oxygen atoms in total. The van der Waals surface area contributed by atoms with Crippen molar-refractivity contribution < 1.29 is 23.9 Å². The summed E-state index contributed by atoms with van der Waals surface area (Å²) in [6, 6.07) is 16.8. The normalized spacial score (nSPS) is 11.5. The highest BCUT2D eigenvalue weighted by Gasteiger charge is 2.22. The second-order valence-corrected chi connectivity index (χ2v) is 9.59. The summed E-state index contributed by atoms with van der Waals surface area (Å²) in [5, 5.41) is 2.45. The maximum absolute atomic E-state index is 12.1. The lowest BCUT2D eigenvalue weighted by Crippen LogP contribution is -2.44. The van der Waals surface area contributed by atoms with Crippen LogP contribution in [0.25, 0.3) is 11.1 Å². The number of benzene rings is 2. The van der Waals surface area contributed by atoms with Crippen LogP contribution in [0.1, 0.15) is 83.3 Å². The first-order valence-electron chi connectivity index (χ1n) is 13.6. The summed E-state index contributed by atoms with van der Waals surface area (Å²) < 4.78 is 10.1. The number of hydrogen-bond donors (Lipinski definition) is 1. The number of amides is 1. The molecule has 2 aromatic rings. The zero-order chi connectivity index (χ0) is 26.9. The van der Waals surface area contributed by atoms with Gasteiger partial charge in [0.2, 0.25) is 5.91 Å². The number of esters is 2. The third kappa shape index (κ3) is 12.6. The number of carbonyl (C=O) groups excluding carboxylic acids is 3. The molecule has 0 radical (unpaired) electrons. The average molecular weight is 510 g/mol. The molecule has 6 heteroatoms. The SMILES string of the molecule is CCCCCCc1ccc(-c2ccc(CCCCCCOC(=O)C(COC(C)=O)NC(C)=O)cc2)cc1. The summed E-state index contributed by atoms with van der Waals surface area (Å²) in [6.45, 7) is 4.85. The fourth-order valence-corrected chi connectivity index (χ4v) is 4.16. The van der Waals surface area contributed by atoms with E-state index >= 15 is 0 Å². The fraction of sp³-hybridized carbons (Fsp3) is 0.516. The van der Waals surface area contributed by atoms with Crippen molar-refractivity contribution in [1.82, 2.24) is 5.32 Å². The molecule has 0 aliphatic rings. The highest BCUT2D eigenvalue weighted by molar-refractivity contribution is 5.83. The number of carbonyl (C=O) groups is 3. The van der Waals surface area contributed by atoms with E-state index in [1.807, 2.05) is 0 Å². The third-order valence-electron chi connectivity index (χ3n) is 6.28. The zero-order valence-corrected chi connectivity index (χ0v) is 22.7. The highest BCUT2D eigenvalue weighted by Crippen LogP contribution is 2.22. The van der Waals surface area contributed by atoms with E-state index in [4.69, 9.17) is 9.47 Å². The number of aryl methyl sites for hydroxylation is 2. The van der Waals surface area contributed by atoms with Crippen LogP contribution in [0.15, 0.2) is 48.5 Å². The highest BCUT2D eigenvalue weighted by atomic mass is 16.6. The van der Waals surface area contributed by atoms with Crippen LogP contribution in [-0.4, -0.2) is 37.1 Å². The molecule has 0 heterocycles. The lowest BCUT2D eigenvalue weighted by atomic mass is 9.99. The van der Waals surface area contributed by atoms with E-state index in [1.54, 1.807) is 0 Å². The largest absolute Gasteiger partial charge is 0.464 e. The summed E-state index contributed by atoms with van der Waals surface area (Å²) in [5.74, 6) is -1.48. The van der Waals surface area contributed by atoms with Crippen molar-refractivity contribution in [3.05, 3.63) is 59.7 Å². The van der Waals surface area contributed by atoms with Crippen LogP contribution in [0.3, 0.4) is 0 Å². The van der Waals surface area contributed by atoms with Crippen LogP contribution in [-0.2, 0) is 36.7 Å². The molecule has 0 bridgehead atoms. The van der Waals surface area contributed by atoms with Crippen LogP contribution in [0.2, 0.25) is 0 Å². The van der Waals surface area contributed by atoms with Crippen LogP contribution < -0.4 is 5.32 Å². The molecular weight excluding hydrogens is 466 g/mol. The van der Waals surface area contributed by atoms with Gasteiger partial charge in [-0.1, -0.05) is 87.6 Å². The molecule has 0 saturated carbocycles. The molecule has 0 saturated heterocycles. The Morgan fingerprint density at radius 3 is 1.70 bits per heavy atom. The standard InChI is InChI=1S/C31H43NO5/c1-4-5-6-9-12-26-14-18-28(19-15-26)29-20-16-27(17-21-29)13-10-7-8-11-22-36-31(35)30(32-24(2)33)23-37-25(3)34/h14-21,30H,4-13,22-23H2,1-3H3,(H,32,33). The second-order valence-electron chi connectivity index (χ2n) is 9.59. The molecule has 1 N–H and O–H groups in total. The maximum Gasteiger partial charge on any atom is 0.332 e. The predicted octanol–water partition coefficient (Wildman–Crippen LogP) is 6.19. The summed E-state index contributed by atoms with van der Waals surface area (Å²) in [6.07, 6.45) is 11.2. The summed E-state index contributed by atoms with van der Waals surface area (Å²) in [7, 11) is 0. The molecule has 2 aromatic carbocycles. The number of ether oxygens (including phenoxy) is 2. The molecule has 0 fully saturated rings. The maximum atomic E-state index is 12.1. The number of unbranched alkanes of at least 4 members (excludes halogenated alkanes) is 6. The molecule has 1 unspecified atom stereocenters. The van der Waals surface area contributed by atoms with Gasteiger partial charge in [-0.25, -0.2) is 4.79 Å². The predicted molar refractivity (Wildman–Crippen MR) is 147 cm³/mol. The third-order valence-corrected chi connectivity index (χ3v) is 6.28. The monoisotopic (exact) mass is 509 g/mol. The Hall–Kier alpha value is -3.15. The molecule has 202 valence electrons. The van der Waals surface area contributed by atoms with E-state index in [-0.39, 0.29) is 19.1 Å². The molecular formula is C31H43NO5. The van der Waals surface area contributed by atoms with Gasteiger partial charge in [-0.3, -0.25) is 9.59 Å². The molecule has 0 aliphatic carbocycles. The molecule has 2 rings (SSSR count). The molecule has 0 aromatic heterocycles. The zero-order valence-electron chi connectivity index (χ0n) is 22.7. The van der Waals surface area contributed by atoms with Gasteiger partial charge < -0.3 is 14.8 Å². The van der Waals surface area contributed by atoms with Gasteiger partial charge in [0.1, 0.15) is 6.61 Å². The summed E-state index contributed by atoms with van der Waals surface area (Å²) >= 11 is 0. The van der Waals surface area contributed by atoms with E-state index in [2.05, 4.69) is 60.8 Å². The Morgan fingerprint density at radius 1 is 0.703 bits per heavy atom. The lowest BCUT2D eigenvalue weighted by molar-refractivity contribution is -0.152. The van der Waals surface area contributed by atoms with Gasteiger partial charge in [0.25, 0.3) is 0 Å². The minimum absolute atomic E-state index is 0.225. The van der Waals surface area contributed by atoms with Crippen LogP contribution >= 0.6 is 0 Å². The van der Waals surface area contributed by atoms with Crippen molar-refractivity contribution in [2.45, 2.75) is 91.0 Å². The smallest absolute Gasteiger partial charge is 0.332 e. The average Bonchev–Trinajstić information content (AvgIpc) is 2.89. The molecule has 0 spiro atoms. The van der Waals surface area contributed by atoms with Gasteiger partial charge in [0.15, 0.2) is 6.04 Å². The molecule has 1 atom stereocenters. The van der Waals surface area contributed by atoms with E-state index in [0.29, 0.717) is 0 Å². The van der Waals surface area contributed by atoms with E-state index in [1.165, 1.54) is 61.8 Å². The van der Waals surface area contributed by atoms with Gasteiger partial charge >= 0.3 is 11.9 Å². The van der Waals surface area contributed by atoms with Crippen molar-refractivity contribution in [3.8, 4) is 11.1 Å². The Bertz CT molecular complexity index is 953. The van der Waals surface area contributed by atoms with Crippen LogP contribution in [0.5, 0.6) is 0 Å². The minimum atomic E-state index is -0.974. The topological polar surface area (TPSA) is 81.7 Å². The van der Waals surface area contributed by atoms with E-state index in [9.17, 15) is 14.4 Å². The number of hydrogen-bond acceptors (Lipinski definition) is 5. The second kappa shape index (κ2) is 17.3. The molecule has 1 amide bonds. The number of rotatable bonds is 17. The van der Waals surface area contributed by atoms with E-state index in [0.717, 1.165) is 38.5 Å². The van der Waals surface area contributed by atoms with Crippen molar-refractivity contribution in [1.29, 1.82) is 0 Å². The van der Waals surface area contributed by atoms with Gasteiger partial charge in [-0.2, -0.15) is 0 Å². The summed E-state index contributed by atoms with van der Waals surface area (Å²) in [5.41, 5.74) is 5.24. The Morgan fingerprint density at radius 2 is 1.22 bits per heavy atom. The van der Waals surface area contributed by atoms with Crippen molar-refractivity contribution in [2.24, 2.45) is 0 Å². The van der Waals surface area contributed by atoms with Gasteiger partial charge in [-0.05, 0) is 54.4 Å². The van der Waals surface area contributed by atoms with Crippen molar-refractivity contribution in [2.75, 3.05) is 13.2 Å². The minimum Gasteiger partial charge on any atom is -0.464 e. The van der Waals surface area contributed by atoms with Gasteiger partial charge in [0.05, 0.1) is 6.61 Å². The number of nitrogens with one attached hydrogen (secondary N) is 1. The van der Waals surface area contributed by atoms with Crippen molar-refractivity contribution in [3.63, 3.8) is 0 Å². The van der Waals surface area contributed by atoms with Gasteiger partial charge in [-0.15, -0.1) is 0 Å². The van der Waals surface area contributed by atoms with E-state index < -0.39 is 18.0 Å². The Kier molecular flexibility index (Phi) is 14.1. The first-order chi connectivity index (χ1) is 17.9. The molecule has 0 aliphatic heterocycles. The van der Waals surface area contributed by atoms with Gasteiger partial charge in [0, 0.05) is 13.8 Å². The quantitative estimate of drug-likeness (QED) is 0.203. The van der Waals surface area contributed by atoms with Crippen molar-refractivity contribution >= 4 is 17.8 Å². The first kappa shape index (κ1) is 30.1. The Labute approximate surface area is 222 Å². The fourth-order valence-electron chi connectivity index (χ4n) is 4.16. The molecule has 37 heavy (non-hydrogen) atoms. The first-order valence-corrected chi connectivity index (χ1v) is 13.6. The lowest BCUT2D eigenvalue weighted by Gasteiger charge is -2.16.